The smallest absolute Gasteiger partial charge is 0.193 e. The van der Waals surface area contributed by atoms with Gasteiger partial charge in [0.05, 0.1) is 19.3 Å². The number of nitrogens with zero attached hydrogens (tertiary/aromatic N) is 2. The fourth-order valence-corrected chi connectivity index (χ4v) is 2.42. The minimum atomic E-state index is 0.258. The molecule has 0 unspecified atom stereocenters. The lowest BCUT2D eigenvalue weighted by molar-refractivity contribution is 0.0657. The molecule has 1 fully saturated rings. The summed E-state index contributed by atoms with van der Waals surface area (Å²) in [7, 11) is 3.86. The Hall–Kier alpha value is -1.59. The van der Waals surface area contributed by atoms with Crippen molar-refractivity contribution < 1.29 is 9.47 Å². The van der Waals surface area contributed by atoms with Crippen LogP contribution in [0.1, 0.15) is 37.8 Å². The average Bonchev–Trinajstić information content (AvgIpc) is 3.43. The standard InChI is InChI=1S/C20H33N3O2/c1-16(2)25-15-19-7-5-17(6-8-19)13-22-20(21-3)23(4)11-12-24-14-18-9-10-18/h5-8,16,18H,9-15H2,1-4H3,(H,21,22). The third-order valence-electron chi connectivity index (χ3n) is 4.25. The molecule has 1 aliphatic carbocycles. The Morgan fingerprint density at radius 1 is 1.24 bits per heavy atom. The van der Waals surface area contributed by atoms with E-state index in [2.05, 4.69) is 53.3 Å². The van der Waals surface area contributed by atoms with E-state index in [1.807, 2.05) is 14.1 Å². The van der Waals surface area contributed by atoms with Crippen LogP contribution in [-0.4, -0.2) is 50.8 Å². The Labute approximate surface area is 152 Å². The zero-order chi connectivity index (χ0) is 18.1. The first-order valence-corrected chi connectivity index (χ1v) is 9.27. The maximum Gasteiger partial charge on any atom is 0.193 e. The van der Waals surface area contributed by atoms with Crippen LogP contribution in [0.2, 0.25) is 0 Å². The lowest BCUT2D eigenvalue weighted by Gasteiger charge is -2.22. The lowest BCUT2D eigenvalue weighted by atomic mass is 10.1. The molecule has 5 nitrogen and oxygen atoms in total. The van der Waals surface area contributed by atoms with Gasteiger partial charge in [0.25, 0.3) is 0 Å². The van der Waals surface area contributed by atoms with Gasteiger partial charge in [-0.05, 0) is 43.7 Å². The van der Waals surface area contributed by atoms with E-state index in [9.17, 15) is 0 Å². The third kappa shape index (κ3) is 7.88. The van der Waals surface area contributed by atoms with Gasteiger partial charge in [-0.1, -0.05) is 24.3 Å². The van der Waals surface area contributed by atoms with Crippen molar-refractivity contribution in [3.05, 3.63) is 35.4 Å². The number of benzene rings is 1. The zero-order valence-electron chi connectivity index (χ0n) is 16.1. The summed E-state index contributed by atoms with van der Waals surface area (Å²) >= 11 is 0. The van der Waals surface area contributed by atoms with Crippen molar-refractivity contribution >= 4 is 5.96 Å². The van der Waals surface area contributed by atoms with Gasteiger partial charge in [0.2, 0.25) is 0 Å². The number of ether oxygens (including phenoxy) is 2. The van der Waals surface area contributed by atoms with Crippen LogP contribution in [0.15, 0.2) is 29.3 Å². The zero-order valence-corrected chi connectivity index (χ0v) is 16.1. The molecule has 0 aliphatic heterocycles. The van der Waals surface area contributed by atoms with E-state index in [0.717, 1.165) is 38.2 Å². The van der Waals surface area contributed by atoms with Crippen LogP contribution in [-0.2, 0) is 22.6 Å². The van der Waals surface area contributed by atoms with Crippen molar-refractivity contribution in [2.24, 2.45) is 10.9 Å². The van der Waals surface area contributed by atoms with Crippen LogP contribution in [0, 0.1) is 5.92 Å². The van der Waals surface area contributed by atoms with Gasteiger partial charge in [0, 0.05) is 33.8 Å². The fourth-order valence-electron chi connectivity index (χ4n) is 2.42. The number of likely N-dealkylation sites (N-methyl/N-ethyl adjacent to an activating group) is 1. The molecule has 1 aromatic rings. The summed E-state index contributed by atoms with van der Waals surface area (Å²) in [5.74, 6) is 1.71. The van der Waals surface area contributed by atoms with E-state index in [4.69, 9.17) is 9.47 Å². The molecule has 0 atom stereocenters. The first kappa shape index (κ1) is 19.7. The summed E-state index contributed by atoms with van der Waals surface area (Å²) in [5.41, 5.74) is 2.43. The molecule has 1 aliphatic rings. The Balaban J connectivity index is 1.69. The second-order valence-corrected chi connectivity index (χ2v) is 7.02. The fraction of sp³-hybridized carbons (Fsp3) is 0.650. The molecule has 2 rings (SSSR count). The van der Waals surface area contributed by atoms with E-state index in [0.29, 0.717) is 6.61 Å². The summed E-state index contributed by atoms with van der Waals surface area (Å²) in [6, 6.07) is 8.52. The van der Waals surface area contributed by atoms with Gasteiger partial charge in [-0.3, -0.25) is 4.99 Å². The number of hydrogen-bond acceptors (Lipinski definition) is 3. The van der Waals surface area contributed by atoms with E-state index in [1.165, 1.54) is 24.0 Å². The van der Waals surface area contributed by atoms with Crippen LogP contribution in [0.4, 0.5) is 0 Å². The summed E-state index contributed by atoms with van der Waals surface area (Å²) in [6.07, 6.45) is 2.93. The quantitative estimate of drug-likeness (QED) is 0.401. The first-order chi connectivity index (χ1) is 12.1. The molecular weight excluding hydrogens is 314 g/mol. The van der Waals surface area contributed by atoms with Gasteiger partial charge in [-0.2, -0.15) is 0 Å². The monoisotopic (exact) mass is 347 g/mol. The molecule has 1 aromatic carbocycles. The Kier molecular flexibility index (Phi) is 8.22. The maximum absolute atomic E-state index is 5.70. The maximum atomic E-state index is 5.70. The lowest BCUT2D eigenvalue weighted by Crippen LogP contribution is -2.40. The predicted molar refractivity (Wildman–Crippen MR) is 103 cm³/mol. The first-order valence-electron chi connectivity index (χ1n) is 9.27. The third-order valence-corrected chi connectivity index (χ3v) is 4.25. The van der Waals surface area contributed by atoms with Gasteiger partial charge in [-0.15, -0.1) is 0 Å². The SMILES string of the molecule is CN=C(NCc1ccc(COC(C)C)cc1)N(C)CCOCC1CC1. The molecule has 0 amide bonds. The van der Waals surface area contributed by atoms with Crippen molar-refractivity contribution in [1.82, 2.24) is 10.2 Å². The average molecular weight is 348 g/mol. The molecule has 5 heteroatoms. The van der Waals surface area contributed by atoms with E-state index < -0.39 is 0 Å². The van der Waals surface area contributed by atoms with Crippen molar-refractivity contribution in [2.45, 2.75) is 45.9 Å². The highest BCUT2D eigenvalue weighted by atomic mass is 16.5. The molecule has 140 valence electrons. The highest BCUT2D eigenvalue weighted by molar-refractivity contribution is 5.79. The molecule has 25 heavy (non-hydrogen) atoms. The number of rotatable bonds is 10. The molecule has 1 saturated carbocycles. The summed E-state index contributed by atoms with van der Waals surface area (Å²) in [5, 5.41) is 3.41. The van der Waals surface area contributed by atoms with Gasteiger partial charge in [0.15, 0.2) is 5.96 Å². The highest BCUT2D eigenvalue weighted by Crippen LogP contribution is 2.28. The second-order valence-electron chi connectivity index (χ2n) is 7.02. The molecule has 0 aromatic heterocycles. The molecule has 1 N–H and O–H groups in total. The predicted octanol–water partition coefficient (Wildman–Crippen LogP) is 3.05. The van der Waals surface area contributed by atoms with Crippen LogP contribution < -0.4 is 5.32 Å². The number of hydrogen-bond donors (Lipinski definition) is 1. The largest absolute Gasteiger partial charge is 0.379 e. The van der Waals surface area contributed by atoms with Gasteiger partial charge >= 0.3 is 0 Å². The second kappa shape index (κ2) is 10.4. The number of nitrogens with one attached hydrogen (secondary N) is 1. The van der Waals surface area contributed by atoms with Crippen LogP contribution >= 0.6 is 0 Å². The van der Waals surface area contributed by atoms with Crippen LogP contribution in [0.5, 0.6) is 0 Å². The Morgan fingerprint density at radius 2 is 1.92 bits per heavy atom. The minimum Gasteiger partial charge on any atom is -0.379 e. The van der Waals surface area contributed by atoms with E-state index in [-0.39, 0.29) is 6.10 Å². The van der Waals surface area contributed by atoms with E-state index >= 15 is 0 Å². The Bertz CT molecular complexity index is 524. The van der Waals surface area contributed by atoms with Crippen molar-refractivity contribution in [3.8, 4) is 0 Å². The molecule has 0 saturated heterocycles. The normalized spacial score (nSPS) is 14.8. The van der Waals surface area contributed by atoms with Crippen molar-refractivity contribution in [2.75, 3.05) is 33.9 Å². The van der Waals surface area contributed by atoms with Crippen molar-refractivity contribution in [3.63, 3.8) is 0 Å². The highest BCUT2D eigenvalue weighted by Gasteiger charge is 2.21. The topological polar surface area (TPSA) is 46.1 Å². The van der Waals surface area contributed by atoms with Gasteiger partial charge in [-0.25, -0.2) is 0 Å². The molecule has 0 bridgehead atoms. The van der Waals surface area contributed by atoms with Crippen molar-refractivity contribution in [1.29, 1.82) is 0 Å². The minimum absolute atomic E-state index is 0.258. The molecule has 0 heterocycles. The Morgan fingerprint density at radius 3 is 2.52 bits per heavy atom. The number of aliphatic imine (C=N–C) groups is 1. The van der Waals surface area contributed by atoms with Crippen LogP contribution in [0.25, 0.3) is 0 Å². The van der Waals surface area contributed by atoms with E-state index in [1.54, 1.807) is 0 Å². The van der Waals surface area contributed by atoms with Crippen LogP contribution in [0.3, 0.4) is 0 Å². The summed E-state index contributed by atoms with van der Waals surface area (Å²) < 4.78 is 11.3. The molecular formula is C20H33N3O2. The van der Waals surface area contributed by atoms with Gasteiger partial charge in [0.1, 0.15) is 0 Å². The molecule has 0 spiro atoms. The summed E-state index contributed by atoms with van der Waals surface area (Å²) in [4.78, 5) is 6.46. The summed E-state index contributed by atoms with van der Waals surface area (Å²) in [6.45, 7) is 8.03. The number of guanidine groups is 1. The van der Waals surface area contributed by atoms with Gasteiger partial charge < -0.3 is 19.7 Å². The molecule has 0 radical (unpaired) electrons.